The summed E-state index contributed by atoms with van der Waals surface area (Å²) in [6.45, 7) is 2.53. The molecule has 1 amide bonds. The van der Waals surface area contributed by atoms with Gasteiger partial charge in [-0.3, -0.25) is 4.79 Å². The molecular formula is C11H16N4O3. The lowest BCUT2D eigenvalue weighted by Gasteiger charge is -2.11. The minimum absolute atomic E-state index is 0.0612. The highest BCUT2D eigenvalue weighted by Gasteiger charge is 2.23. The Morgan fingerprint density at radius 2 is 2.44 bits per heavy atom. The molecule has 1 saturated heterocycles. The van der Waals surface area contributed by atoms with E-state index in [0.29, 0.717) is 12.5 Å². The monoisotopic (exact) mass is 252 g/mol. The van der Waals surface area contributed by atoms with Gasteiger partial charge in [-0.15, -0.1) is 0 Å². The second-order valence-corrected chi connectivity index (χ2v) is 4.56. The zero-order valence-electron chi connectivity index (χ0n) is 10.1. The molecule has 1 atom stereocenters. The van der Waals surface area contributed by atoms with Crippen LogP contribution >= 0.6 is 0 Å². The smallest absolute Gasteiger partial charge is 0.354 e. The summed E-state index contributed by atoms with van der Waals surface area (Å²) >= 11 is 0. The molecule has 0 spiro atoms. The summed E-state index contributed by atoms with van der Waals surface area (Å²) in [7, 11) is 2.04. The predicted molar refractivity (Wildman–Crippen MR) is 63.5 cm³/mol. The van der Waals surface area contributed by atoms with Gasteiger partial charge in [0.25, 0.3) is 5.91 Å². The van der Waals surface area contributed by atoms with Gasteiger partial charge in [0.05, 0.1) is 6.33 Å². The van der Waals surface area contributed by atoms with Crippen LogP contribution in [0.1, 0.15) is 27.4 Å². The largest absolute Gasteiger partial charge is 0.477 e. The molecule has 1 unspecified atom stereocenters. The van der Waals surface area contributed by atoms with E-state index in [2.05, 4.69) is 20.2 Å². The Kier molecular flexibility index (Phi) is 3.61. The quantitative estimate of drug-likeness (QED) is 0.688. The van der Waals surface area contributed by atoms with Crippen LogP contribution in [0.15, 0.2) is 6.33 Å². The lowest BCUT2D eigenvalue weighted by molar-refractivity contribution is 0.0685. The zero-order valence-corrected chi connectivity index (χ0v) is 10.1. The first kappa shape index (κ1) is 12.6. The maximum Gasteiger partial charge on any atom is 0.354 e. The Balaban J connectivity index is 1.91. The molecule has 1 aromatic heterocycles. The lowest BCUT2D eigenvalue weighted by Crippen LogP contribution is -2.31. The maximum atomic E-state index is 11.8. The number of nitrogens with one attached hydrogen (secondary N) is 2. The van der Waals surface area contributed by atoms with Crippen LogP contribution in [0.4, 0.5) is 0 Å². The van der Waals surface area contributed by atoms with Crippen LogP contribution in [-0.2, 0) is 0 Å². The average molecular weight is 252 g/mol. The summed E-state index contributed by atoms with van der Waals surface area (Å²) in [4.78, 5) is 31.0. The van der Waals surface area contributed by atoms with Gasteiger partial charge in [-0.1, -0.05) is 0 Å². The molecule has 1 aliphatic heterocycles. The topological polar surface area (TPSA) is 98.3 Å². The van der Waals surface area contributed by atoms with Gasteiger partial charge in [-0.25, -0.2) is 9.78 Å². The van der Waals surface area contributed by atoms with Crippen molar-refractivity contribution < 1.29 is 14.7 Å². The first-order valence-electron chi connectivity index (χ1n) is 5.81. The number of amides is 1. The molecule has 98 valence electrons. The van der Waals surface area contributed by atoms with Crippen LogP contribution in [0, 0.1) is 5.92 Å². The number of carbonyl (C=O) groups excluding carboxylic acids is 1. The van der Waals surface area contributed by atoms with Crippen molar-refractivity contribution in [3.63, 3.8) is 0 Å². The van der Waals surface area contributed by atoms with Gasteiger partial charge < -0.3 is 20.3 Å². The number of aromatic carboxylic acids is 1. The Labute approximate surface area is 104 Å². The third-order valence-electron chi connectivity index (χ3n) is 3.11. The number of hydrogen-bond acceptors (Lipinski definition) is 4. The van der Waals surface area contributed by atoms with Crippen LogP contribution in [0.5, 0.6) is 0 Å². The molecule has 1 fully saturated rings. The van der Waals surface area contributed by atoms with Crippen LogP contribution in [0.3, 0.4) is 0 Å². The van der Waals surface area contributed by atoms with Crippen LogP contribution < -0.4 is 5.32 Å². The van der Waals surface area contributed by atoms with Crippen molar-refractivity contribution in [1.82, 2.24) is 20.2 Å². The summed E-state index contributed by atoms with van der Waals surface area (Å²) in [6.07, 6.45) is 2.25. The second kappa shape index (κ2) is 5.18. The lowest BCUT2D eigenvalue weighted by atomic mass is 10.1. The van der Waals surface area contributed by atoms with E-state index in [1.54, 1.807) is 0 Å². The maximum absolute atomic E-state index is 11.8. The summed E-state index contributed by atoms with van der Waals surface area (Å²) in [6, 6.07) is 0. The molecule has 2 heterocycles. The molecule has 18 heavy (non-hydrogen) atoms. The van der Waals surface area contributed by atoms with Gasteiger partial charge >= 0.3 is 5.97 Å². The number of carbonyl (C=O) groups is 2. The van der Waals surface area contributed by atoms with Gasteiger partial charge in [0, 0.05) is 13.1 Å². The third-order valence-corrected chi connectivity index (χ3v) is 3.11. The van der Waals surface area contributed by atoms with Crippen molar-refractivity contribution in [1.29, 1.82) is 0 Å². The van der Waals surface area contributed by atoms with Crippen LogP contribution in [-0.4, -0.2) is 58.5 Å². The van der Waals surface area contributed by atoms with E-state index in [1.807, 2.05) is 7.05 Å². The molecule has 1 aliphatic rings. The number of carboxylic acids is 1. The van der Waals surface area contributed by atoms with Gasteiger partial charge in [-0.2, -0.15) is 0 Å². The average Bonchev–Trinajstić information content (AvgIpc) is 2.94. The highest BCUT2D eigenvalue weighted by Crippen LogP contribution is 2.13. The number of likely N-dealkylation sites (tertiary alicyclic amines) is 1. The third kappa shape index (κ3) is 2.67. The number of rotatable bonds is 4. The van der Waals surface area contributed by atoms with E-state index < -0.39 is 11.9 Å². The number of nitrogens with zero attached hydrogens (tertiary/aromatic N) is 2. The molecule has 0 bridgehead atoms. The van der Waals surface area contributed by atoms with E-state index >= 15 is 0 Å². The number of H-pyrrole nitrogens is 1. The summed E-state index contributed by atoms with van der Waals surface area (Å²) in [5.74, 6) is -1.20. The van der Waals surface area contributed by atoms with E-state index in [-0.39, 0.29) is 11.4 Å². The van der Waals surface area contributed by atoms with Gasteiger partial charge in [0.15, 0.2) is 11.4 Å². The van der Waals surface area contributed by atoms with Crippen molar-refractivity contribution >= 4 is 11.9 Å². The minimum Gasteiger partial charge on any atom is -0.477 e. The van der Waals surface area contributed by atoms with Crippen molar-refractivity contribution in [3.05, 3.63) is 17.7 Å². The fraction of sp³-hybridized carbons (Fsp3) is 0.545. The van der Waals surface area contributed by atoms with E-state index in [0.717, 1.165) is 19.5 Å². The summed E-state index contributed by atoms with van der Waals surface area (Å²) < 4.78 is 0. The molecule has 0 radical (unpaired) electrons. The van der Waals surface area contributed by atoms with Gasteiger partial charge in [0.2, 0.25) is 0 Å². The minimum atomic E-state index is -1.18. The van der Waals surface area contributed by atoms with E-state index in [9.17, 15) is 9.59 Å². The normalized spacial score (nSPS) is 19.9. The van der Waals surface area contributed by atoms with Crippen molar-refractivity contribution in [2.75, 3.05) is 26.7 Å². The predicted octanol–water partition coefficient (Wildman–Crippen LogP) is -0.211. The molecule has 0 saturated carbocycles. The molecule has 2 rings (SSSR count). The van der Waals surface area contributed by atoms with Crippen molar-refractivity contribution in [2.24, 2.45) is 5.92 Å². The van der Waals surface area contributed by atoms with Crippen LogP contribution in [0.25, 0.3) is 0 Å². The SMILES string of the molecule is CN1CCC(CNC(=O)c2nc[nH]c2C(=O)O)C1. The number of aromatic amines is 1. The van der Waals surface area contributed by atoms with E-state index in [4.69, 9.17) is 5.11 Å². The Hall–Kier alpha value is -1.89. The summed E-state index contributed by atoms with van der Waals surface area (Å²) in [5, 5.41) is 11.6. The molecular weight excluding hydrogens is 236 g/mol. The number of carboxylic acid groups (broad SMARTS) is 1. The van der Waals surface area contributed by atoms with Crippen molar-refractivity contribution in [3.8, 4) is 0 Å². The highest BCUT2D eigenvalue weighted by molar-refractivity contribution is 6.02. The Morgan fingerprint density at radius 1 is 1.67 bits per heavy atom. The Bertz CT molecular complexity index is 457. The Morgan fingerprint density at radius 3 is 3.06 bits per heavy atom. The standard InChI is InChI=1S/C11H16N4O3/c1-15-3-2-7(5-15)4-12-10(16)8-9(11(17)18)14-6-13-8/h6-7H,2-5H2,1H3,(H,12,16)(H,13,14)(H,17,18). The van der Waals surface area contributed by atoms with E-state index in [1.165, 1.54) is 6.33 Å². The summed E-state index contributed by atoms with van der Waals surface area (Å²) in [5.41, 5.74) is -0.232. The molecule has 0 aliphatic carbocycles. The fourth-order valence-electron chi connectivity index (χ4n) is 2.14. The molecule has 7 heteroatoms. The van der Waals surface area contributed by atoms with Gasteiger partial charge in [-0.05, 0) is 25.9 Å². The second-order valence-electron chi connectivity index (χ2n) is 4.56. The number of aromatic nitrogens is 2. The molecule has 3 N–H and O–H groups in total. The van der Waals surface area contributed by atoms with Crippen LogP contribution in [0.2, 0.25) is 0 Å². The highest BCUT2D eigenvalue weighted by atomic mass is 16.4. The first-order chi connectivity index (χ1) is 8.58. The first-order valence-corrected chi connectivity index (χ1v) is 5.81. The van der Waals surface area contributed by atoms with Gasteiger partial charge in [0.1, 0.15) is 0 Å². The number of imidazole rings is 1. The fourth-order valence-corrected chi connectivity index (χ4v) is 2.14. The molecule has 0 aromatic carbocycles. The molecule has 1 aromatic rings. The molecule has 7 nitrogen and oxygen atoms in total. The number of hydrogen-bond donors (Lipinski definition) is 3. The van der Waals surface area contributed by atoms with Crippen molar-refractivity contribution in [2.45, 2.75) is 6.42 Å². The zero-order chi connectivity index (χ0) is 13.1.